The molecule has 2 heterocycles. The highest BCUT2D eigenvalue weighted by Gasteiger charge is 2.34. The number of halogens is 1. The maximum atomic E-state index is 14.1. The molecular formula is C25H33FN4O3S. The van der Waals surface area contributed by atoms with E-state index in [9.17, 15) is 17.6 Å². The van der Waals surface area contributed by atoms with Gasteiger partial charge in [-0.15, -0.1) is 0 Å². The van der Waals surface area contributed by atoms with Crippen LogP contribution < -0.4 is 5.32 Å². The number of likely N-dealkylation sites (N-methyl/N-ethyl adjacent to an activating group) is 1. The van der Waals surface area contributed by atoms with E-state index in [4.69, 9.17) is 0 Å². The molecule has 0 aromatic heterocycles. The molecule has 2 aliphatic rings. The molecule has 2 aliphatic heterocycles. The zero-order valence-corrected chi connectivity index (χ0v) is 20.4. The van der Waals surface area contributed by atoms with Crippen molar-refractivity contribution in [1.82, 2.24) is 19.4 Å². The number of rotatable bonds is 7. The van der Waals surface area contributed by atoms with E-state index >= 15 is 0 Å². The van der Waals surface area contributed by atoms with Gasteiger partial charge in [-0.1, -0.05) is 42.5 Å². The van der Waals surface area contributed by atoms with Gasteiger partial charge in [-0.25, -0.2) is 12.8 Å². The molecule has 2 aromatic rings. The Hall–Kier alpha value is -2.33. The Kier molecular flexibility index (Phi) is 7.98. The highest BCUT2D eigenvalue weighted by atomic mass is 32.2. The Balaban J connectivity index is 1.38. The minimum absolute atomic E-state index is 0.0501. The van der Waals surface area contributed by atoms with Crippen molar-refractivity contribution in [2.45, 2.75) is 23.8 Å². The van der Waals surface area contributed by atoms with Crippen molar-refractivity contribution < 1.29 is 17.6 Å². The van der Waals surface area contributed by atoms with Gasteiger partial charge in [0.1, 0.15) is 10.7 Å². The molecule has 0 saturated carbocycles. The first-order valence-electron chi connectivity index (χ1n) is 11.9. The molecule has 4 rings (SSSR count). The molecule has 9 heteroatoms. The molecule has 0 bridgehead atoms. The van der Waals surface area contributed by atoms with E-state index in [1.54, 1.807) is 0 Å². The number of nitrogens with zero attached hydrogens (tertiary/aromatic N) is 3. The summed E-state index contributed by atoms with van der Waals surface area (Å²) in [5.41, 5.74) is 1.06. The number of hydrogen-bond acceptors (Lipinski definition) is 5. The zero-order chi connectivity index (χ0) is 24.1. The topological polar surface area (TPSA) is 73.0 Å². The maximum Gasteiger partial charge on any atom is 0.245 e. The normalized spacial score (nSPS) is 20.2. The molecule has 2 fully saturated rings. The van der Waals surface area contributed by atoms with E-state index in [1.165, 1.54) is 22.5 Å². The molecule has 2 saturated heterocycles. The van der Waals surface area contributed by atoms with Crippen molar-refractivity contribution in [1.29, 1.82) is 0 Å². The van der Waals surface area contributed by atoms with Crippen molar-refractivity contribution in [2.24, 2.45) is 5.92 Å². The van der Waals surface area contributed by atoms with Crippen LogP contribution in [0.25, 0.3) is 0 Å². The van der Waals surface area contributed by atoms with E-state index in [0.29, 0.717) is 12.8 Å². The van der Waals surface area contributed by atoms with Crippen molar-refractivity contribution in [3.63, 3.8) is 0 Å². The maximum absolute atomic E-state index is 14.1. The van der Waals surface area contributed by atoms with Crippen LogP contribution in [-0.2, 0) is 14.8 Å². The largest absolute Gasteiger partial charge is 0.348 e. The van der Waals surface area contributed by atoms with Crippen molar-refractivity contribution >= 4 is 15.9 Å². The van der Waals surface area contributed by atoms with Crippen molar-refractivity contribution in [2.75, 3.05) is 52.9 Å². The Morgan fingerprint density at radius 1 is 0.971 bits per heavy atom. The number of piperidine rings is 1. The van der Waals surface area contributed by atoms with E-state index < -0.39 is 15.8 Å². The van der Waals surface area contributed by atoms with Gasteiger partial charge >= 0.3 is 0 Å². The fraction of sp³-hybridized carbons (Fsp3) is 0.480. The van der Waals surface area contributed by atoms with Crippen LogP contribution in [0.5, 0.6) is 0 Å². The number of nitrogens with one attached hydrogen (secondary N) is 1. The standard InChI is InChI=1S/C25H33FN4O3S/c1-28-15-17-29(18-16-28)19-23(20-7-3-2-4-8-20)27-25(31)21-11-13-30(14-12-21)34(32,33)24-10-6-5-9-22(24)26/h2-10,21,23H,11-19H2,1H3,(H,27,31). The summed E-state index contributed by atoms with van der Waals surface area (Å²) in [6, 6.07) is 15.3. The minimum Gasteiger partial charge on any atom is -0.348 e. The number of carbonyl (C=O) groups is 1. The molecule has 1 unspecified atom stereocenters. The van der Waals surface area contributed by atoms with Crippen LogP contribution in [0.2, 0.25) is 0 Å². The van der Waals surface area contributed by atoms with Crippen LogP contribution >= 0.6 is 0 Å². The van der Waals surface area contributed by atoms with E-state index in [2.05, 4.69) is 22.2 Å². The average Bonchev–Trinajstić information content (AvgIpc) is 2.85. The van der Waals surface area contributed by atoms with Gasteiger partial charge in [0.25, 0.3) is 0 Å². The van der Waals surface area contributed by atoms with Crippen LogP contribution in [0, 0.1) is 11.7 Å². The molecule has 0 spiro atoms. The second-order valence-electron chi connectivity index (χ2n) is 9.18. The molecule has 1 atom stereocenters. The SMILES string of the molecule is CN1CCN(CC(NC(=O)C2CCN(S(=O)(=O)c3ccccc3F)CC2)c2ccccc2)CC1. The van der Waals surface area contributed by atoms with Crippen molar-refractivity contribution in [3.8, 4) is 0 Å². The van der Waals surface area contributed by atoms with Crippen LogP contribution in [0.15, 0.2) is 59.5 Å². The van der Waals surface area contributed by atoms with Crippen LogP contribution in [0.3, 0.4) is 0 Å². The lowest BCUT2D eigenvalue weighted by Gasteiger charge is -2.36. The van der Waals surface area contributed by atoms with Gasteiger partial charge in [0, 0.05) is 51.7 Å². The molecule has 1 N–H and O–H groups in total. The summed E-state index contributed by atoms with van der Waals surface area (Å²) in [6.07, 6.45) is 0.824. The van der Waals surface area contributed by atoms with E-state index in [0.717, 1.165) is 44.4 Å². The molecule has 184 valence electrons. The summed E-state index contributed by atoms with van der Waals surface area (Å²) in [6.45, 7) is 5.06. The van der Waals surface area contributed by atoms with Gasteiger partial charge in [-0.2, -0.15) is 4.31 Å². The molecule has 0 aliphatic carbocycles. The fourth-order valence-electron chi connectivity index (χ4n) is 4.65. The summed E-state index contributed by atoms with van der Waals surface area (Å²) < 4.78 is 41.1. The second-order valence-corrected chi connectivity index (χ2v) is 11.1. The number of hydrogen-bond donors (Lipinski definition) is 1. The van der Waals surface area contributed by atoms with Gasteiger partial charge in [0.2, 0.25) is 15.9 Å². The third kappa shape index (κ3) is 5.83. The second kappa shape index (κ2) is 10.9. The summed E-state index contributed by atoms with van der Waals surface area (Å²) in [4.78, 5) is 17.6. The molecule has 34 heavy (non-hydrogen) atoms. The fourth-order valence-corrected chi connectivity index (χ4v) is 6.18. The molecule has 0 radical (unpaired) electrons. The summed E-state index contributed by atoms with van der Waals surface area (Å²) in [5, 5.41) is 3.23. The Morgan fingerprint density at radius 2 is 1.59 bits per heavy atom. The van der Waals surface area contributed by atoms with Gasteiger partial charge < -0.3 is 10.2 Å². The number of piperazine rings is 1. The Bertz CT molecular complexity index is 1070. The van der Waals surface area contributed by atoms with Gasteiger partial charge in [0.15, 0.2) is 0 Å². The van der Waals surface area contributed by atoms with E-state index in [-0.39, 0.29) is 35.9 Å². The Morgan fingerprint density at radius 3 is 2.24 bits per heavy atom. The molecule has 2 aromatic carbocycles. The molecular weight excluding hydrogens is 455 g/mol. The first-order chi connectivity index (χ1) is 16.3. The number of sulfonamides is 1. The quantitative estimate of drug-likeness (QED) is 0.648. The number of amides is 1. The predicted octanol–water partition coefficient (Wildman–Crippen LogP) is 2.33. The van der Waals surface area contributed by atoms with Crippen LogP contribution in [-0.4, -0.2) is 81.3 Å². The summed E-state index contributed by atoms with van der Waals surface area (Å²) >= 11 is 0. The monoisotopic (exact) mass is 488 g/mol. The lowest BCUT2D eigenvalue weighted by molar-refractivity contribution is -0.127. The number of benzene rings is 2. The first kappa shape index (κ1) is 24.8. The smallest absolute Gasteiger partial charge is 0.245 e. The molecule has 7 nitrogen and oxygen atoms in total. The summed E-state index contributed by atoms with van der Waals surface area (Å²) in [5.74, 6) is -1.08. The minimum atomic E-state index is -3.92. The van der Waals surface area contributed by atoms with E-state index in [1.807, 2.05) is 30.3 Å². The Labute approximate surface area is 201 Å². The van der Waals surface area contributed by atoms with Gasteiger partial charge in [-0.3, -0.25) is 9.69 Å². The third-order valence-corrected chi connectivity index (χ3v) is 8.77. The average molecular weight is 489 g/mol. The highest BCUT2D eigenvalue weighted by molar-refractivity contribution is 7.89. The number of carbonyl (C=O) groups excluding carboxylic acids is 1. The lowest BCUT2D eigenvalue weighted by atomic mass is 9.96. The first-order valence-corrected chi connectivity index (χ1v) is 13.3. The summed E-state index contributed by atoms with van der Waals surface area (Å²) in [7, 11) is -1.80. The van der Waals surface area contributed by atoms with Gasteiger partial charge in [0.05, 0.1) is 6.04 Å². The zero-order valence-electron chi connectivity index (χ0n) is 19.6. The predicted molar refractivity (Wildman–Crippen MR) is 129 cm³/mol. The van der Waals surface area contributed by atoms with Crippen LogP contribution in [0.4, 0.5) is 4.39 Å². The highest BCUT2D eigenvalue weighted by Crippen LogP contribution is 2.26. The van der Waals surface area contributed by atoms with Crippen LogP contribution in [0.1, 0.15) is 24.4 Å². The molecule has 1 amide bonds. The van der Waals surface area contributed by atoms with Crippen molar-refractivity contribution in [3.05, 3.63) is 66.0 Å². The van der Waals surface area contributed by atoms with Gasteiger partial charge in [-0.05, 0) is 37.6 Å². The third-order valence-electron chi connectivity index (χ3n) is 6.83. The lowest BCUT2D eigenvalue weighted by Crippen LogP contribution is -2.49.